The minimum Gasteiger partial charge on any atom is -0.306 e. The van der Waals surface area contributed by atoms with Crippen molar-refractivity contribution < 1.29 is 0 Å². The van der Waals surface area contributed by atoms with E-state index in [1.807, 2.05) is 0 Å². The summed E-state index contributed by atoms with van der Waals surface area (Å²) in [6, 6.07) is 0. The Labute approximate surface area is 94.6 Å². The van der Waals surface area contributed by atoms with Crippen molar-refractivity contribution in [3.8, 4) is 0 Å². The van der Waals surface area contributed by atoms with Gasteiger partial charge in [-0.2, -0.15) is 0 Å². The summed E-state index contributed by atoms with van der Waals surface area (Å²) in [7, 11) is 2.23. The number of hydrogen-bond acceptors (Lipinski definition) is 2. The molecule has 2 aliphatic heterocycles. The van der Waals surface area contributed by atoms with Gasteiger partial charge in [-0.3, -0.25) is 4.90 Å². The van der Waals surface area contributed by atoms with Crippen molar-refractivity contribution in [2.45, 2.75) is 39.2 Å². The Balaban J connectivity index is 1.91. The van der Waals surface area contributed by atoms with E-state index < -0.39 is 0 Å². The monoisotopic (exact) mass is 210 g/mol. The molecule has 0 spiro atoms. The summed E-state index contributed by atoms with van der Waals surface area (Å²) in [5.74, 6) is 1.83. The molecule has 88 valence electrons. The molecule has 0 unspecified atom stereocenters. The molecule has 15 heavy (non-hydrogen) atoms. The van der Waals surface area contributed by atoms with E-state index >= 15 is 0 Å². The molecule has 0 N–H and O–H groups in total. The van der Waals surface area contributed by atoms with Gasteiger partial charge >= 0.3 is 0 Å². The summed E-state index contributed by atoms with van der Waals surface area (Å²) >= 11 is 0. The molecular weight excluding hydrogens is 184 g/mol. The molecule has 0 atom stereocenters. The predicted octanol–water partition coefficient (Wildman–Crippen LogP) is 2.06. The molecule has 0 aliphatic carbocycles. The number of likely N-dealkylation sites (tertiary alicyclic amines) is 2. The molecule has 0 aromatic heterocycles. The van der Waals surface area contributed by atoms with Crippen LogP contribution in [0.1, 0.15) is 33.6 Å². The molecule has 0 bridgehead atoms. The molecule has 0 aromatic carbocycles. The Morgan fingerprint density at radius 2 is 1.60 bits per heavy atom. The topological polar surface area (TPSA) is 6.48 Å². The molecular formula is C13H26N2. The van der Waals surface area contributed by atoms with Crippen molar-refractivity contribution in [2.75, 3.05) is 33.2 Å². The molecule has 2 aliphatic rings. The molecule has 0 radical (unpaired) electrons. The lowest BCUT2D eigenvalue weighted by molar-refractivity contribution is -0.0308. The van der Waals surface area contributed by atoms with Crippen LogP contribution in [-0.4, -0.2) is 48.6 Å². The molecule has 2 heteroatoms. The first-order chi connectivity index (χ1) is 7.00. The second-order valence-corrected chi connectivity index (χ2v) is 6.24. The minimum absolute atomic E-state index is 0.423. The van der Waals surface area contributed by atoms with E-state index in [2.05, 4.69) is 37.6 Å². The van der Waals surface area contributed by atoms with Gasteiger partial charge in [0.15, 0.2) is 0 Å². The van der Waals surface area contributed by atoms with Gasteiger partial charge in [0.2, 0.25) is 0 Å². The lowest BCUT2D eigenvalue weighted by atomic mass is 9.79. The minimum atomic E-state index is 0.423. The van der Waals surface area contributed by atoms with E-state index in [-0.39, 0.29) is 0 Å². The number of piperidine rings is 1. The quantitative estimate of drug-likeness (QED) is 0.688. The van der Waals surface area contributed by atoms with E-state index in [9.17, 15) is 0 Å². The Hall–Kier alpha value is -0.0800. The van der Waals surface area contributed by atoms with Gasteiger partial charge in [0.25, 0.3) is 0 Å². The highest BCUT2D eigenvalue weighted by Crippen LogP contribution is 2.33. The van der Waals surface area contributed by atoms with Crippen molar-refractivity contribution in [3.05, 3.63) is 0 Å². The lowest BCUT2D eigenvalue weighted by Crippen LogP contribution is -2.62. The third-order valence-corrected chi connectivity index (χ3v) is 4.66. The van der Waals surface area contributed by atoms with Gasteiger partial charge in [0.05, 0.1) is 0 Å². The molecule has 2 nitrogen and oxygen atoms in total. The van der Waals surface area contributed by atoms with Gasteiger partial charge < -0.3 is 4.90 Å². The maximum atomic E-state index is 2.73. The van der Waals surface area contributed by atoms with Crippen molar-refractivity contribution in [2.24, 2.45) is 11.8 Å². The number of rotatable bonds is 2. The van der Waals surface area contributed by atoms with Crippen LogP contribution >= 0.6 is 0 Å². The normalized spacial score (nSPS) is 28.0. The fourth-order valence-corrected chi connectivity index (χ4v) is 2.99. The average molecular weight is 210 g/mol. The Morgan fingerprint density at radius 1 is 1.07 bits per heavy atom. The molecule has 2 saturated heterocycles. The van der Waals surface area contributed by atoms with Crippen LogP contribution in [0.2, 0.25) is 0 Å². The predicted molar refractivity (Wildman–Crippen MR) is 65.0 cm³/mol. The molecule has 0 saturated carbocycles. The maximum Gasteiger partial charge on any atom is 0.0205 e. The largest absolute Gasteiger partial charge is 0.306 e. The highest BCUT2D eigenvalue weighted by molar-refractivity contribution is 4.97. The zero-order valence-electron chi connectivity index (χ0n) is 10.8. The number of hydrogen-bond donors (Lipinski definition) is 0. The summed E-state index contributed by atoms with van der Waals surface area (Å²) in [6.07, 6.45) is 2.79. The fraction of sp³-hybridized carbons (Fsp3) is 1.00. The summed E-state index contributed by atoms with van der Waals surface area (Å²) in [4.78, 5) is 5.16. The first-order valence-electron chi connectivity index (χ1n) is 6.43. The van der Waals surface area contributed by atoms with Crippen LogP contribution in [0.25, 0.3) is 0 Å². The summed E-state index contributed by atoms with van der Waals surface area (Å²) in [5, 5.41) is 0. The molecule has 2 rings (SSSR count). The zero-order chi connectivity index (χ0) is 11.1. The van der Waals surface area contributed by atoms with Crippen LogP contribution < -0.4 is 0 Å². The highest BCUT2D eigenvalue weighted by Gasteiger charge is 2.41. The standard InChI is InChI=1S/C13H26N2/c1-11-5-7-15(8-6-11)13(2,3)12-9-14(4)10-12/h11-12H,5-10H2,1-4H3. The third-order valence-electron chi connectivity index (χ3n) is 4.66. The van der Waals surface area contributed by atoms with Crippen molar-refractivity contribution >= 4 is 0 Å². The Morgan fingerprint density at radius 3 is 2.07 bits per heavy atom. The smallest absolute Gasteiger partial charge is 0.0205 e. The van der Waals surface area contributed by atoms with Crippen molar-refractivity contribution in [3.63, 3.8) is 0 Å². The van der Waals surface area contributed by atoms with Crippen LogP contribution in [0.5, 0.6) is 0 Å². The average Bonchev–Trinajstić information content (AvgIpc) is 2.13. The van der Waals surface area contributed by atoms with Crippen LogP contribution in [0, 0.1) is 11.8 Å². The van der Waals surface area contributed by atoms with Crippen LogP contribution in [-0.2, 0) is 0 Å². The van der Waals surface area contributed by atoms with Gasteiger partial charge in [-0.25, -0.2) is 0 Å². The summed E-state index contributed by atoms with van der Waals surface area (Å²) < 4.78 is 0. The van der Waals surface area contributed by atoms with Crippen LogP contribution in [0.15, 0.2) is 0 Å². The van der Waals surface area contributed by atoms with Crippen LogP contribution in [0.3, 0.4) is 0 Å². The van der Waals surface area contributed by atoms with Crippen molar-refractivity contribution in [1.29, 1.82) is 0 Å². The van der Waals surface area contributed by atoms with Gasteiger partial charge in [-0.05, 0) is 52.7 Å². The summed E-state index contributed by atoms with van der Waals surface area (Å²) in [5.41, 5.74) is 0.423. The highest BCUT2D eigenvalue weighted by atomic mass is 15.2. The first kappa shape index (κ1) is 11.4. The molecule has 0 amide bonds. The second kappa shape index (κ2) is 4.06. The third kappa shape index (κ3) is 2.21. The lowest BCUT2D eigenvalue weighted by Gasteiger charge is -2.53. The first-order valence-corrected chi connectivity index (χ1v) is 6.43. The van der Waals surface area contributed by atoms with Gasteiger partial charge in [0, 0.05) is 24.5 Å². The Kier molecular flexibility index (Phi) is 3.09. The molecule has 2 heterocycles. The van der Waals surface area contributed by atoms with E-state index in [0.717, 1.165) is 11.8 Å². The van der Waals surface area contributed by atoms with E-state index in [4.69, 9.17) is 0 Å². The van der Waals surface area contributed by atoms with E-state index in [1.165, 1.54) is 39.0 Å². The molecule has 0 aromatic rings. The van der Waals surface area contributed by atoms with Crippen molar-refractivity contribution in [1.82, 2.24) is 9.80 Å². The van der Waals surface area contributed by atoms with E-state index in [1.54, 1.807) is 0 Å². The Bertz CT molecular complexity index is 211. The SMILES string of the molecule is CC1CCN(C(C)(C)C2CN(C)C2)CC1. The summed E-state index contributed by atoms with van der Waals surface area (Å²) in [6.45, 7) is 12.5. The van der Waals surface area contributed by atoms with Gasteiger partial charge in [-0.1, -0.05) is 6.92 Å². The van der Waals surface area contributed by atoms with Crippen LogP contribution in [0.4, 0.5) is 0 Å². The molecule has 2 fully saturated rings. The van der Waals surface area contributed by atoms with E-state index in [0.29, 0.717) is 5.54 Å². The maximum absolute atomic E-state index is 2.73. The second-order valence-electron chi connectivity index (χ2n) is 6.24. The van der Waals surface area contributed by atoms with Gasteiger partial charge in [0.1, 0.15) is 0 Å². The fourth-order valence-electron chi connectivity index (χ4n) is 2.99. The van der Waals surface area contributed by atoms with Gasteiger partial charge in [-0.15, -0.1) is 0 Å². The zero-order valence-corrected chi connectivity index (χ0v) is 10.8. The number of nitrogens with zero attached hydrogens (tertiary/aromatic N) is 2.